The van der Waals surface area contributed by atoms with Gasteiger partial charge in [-0.15, -0.1) is 0 Å². The largest absolute Gasteiger partial charge is 0.310 e. The van der Waals surface area contributed by atoms with E-state index in [2.05, 4.69) is 272 Å². The van der Waals surface area contributed by atoms with E-state index in [0.717, 1.165) is 67.1 Å². The minimum Gasteiger partial charge on any atom is -0.310 e. The topological polar surface area (TPSA) is 19.4 Å². The number of pyridine rings is 1. The highest BCUT2D eigenvalue weighted by atomic mass is 15.2. The van der Waals surface area contributed by atoms with Crippen LogP contribution in [0.3, 0.4) is 0 Å². The van der Waals surface area contributed by atoms with Gasteiger partial charge < -0.3 is 4.90 Å². The molecule has 0 aliphatic rings. The van der Waals surface area contributed by atoms with Crippen molar-refractivity contribution in [1.82, 2.24) is 4.98 Å². The molecule has 0 radical (unpaired) electrons. The molecule has 12 aromatic carbocycles. The van der Waals surface area contributed by atoms with Gasteiger partial charge in [0, 0.05) is 40.0 Å². The van der Waals surface area contributed by atoms with Crippen LogP contribution in [0.2, 0.25) is 0 Å². The summed E-state index contributed by atoms with van der Waals surface area (Å²) in [5, 5.41) is 14.1. The van der Waals surface area contributed by atoms with Gasteiger partial charge in [0.1, 0.15) is 5.82 Å². The molecule has 3 nitrogen and oxygen atoms in total. The normalized spacial score (nSPS) is 11.6. The lowest BCUT2D eigenvalue weighted by Gasteiger charge is -2.28. The summed E-state index contributed by atoms with van der Waals surface area (Å²) in [7, 11) is 0. The van der Waals surface area contributed by atoms with E-state index < -0.39 is 0 Å². The second-order valence-corrected chi connectivity index (χ2v) is 18.6. The highest BCUT2D eigenvalue weighted by Gasteiger charge is 2.23. The van der Waals surface area contributed by atoms with Crippen molar-refractivity contribution in [3.8, 4) is 22.3 Å². The number of hydrogen-bond acceptors (Lipinski definition) is 3. The van der Waals surface area contributed by atoms with Gasteiger partial charge in [0.2, 0.25) is 0 Å². The Kier molecular flexibility index (Phi) is 9.95. The average Bonchev–Trinajstić information content (AvgIpc) is 3.41. The first-order valence-electron chi connectivity index (χ1n) is 24.1. The zero-order chi connectivity index (χ0) is 46.7. The van der Waals surface area contributed by atoms with Gasteiger partial charge >= 0.3 is 0 Å². The Morgan fingerprint density at radius 2 is 0.643 bits per heavy atom. The summed E-state index contributed by atoms with van der Waals surface area (Å²) in [5.41, 5.74) is 12.4. The van der Waals surface area contributed by atoms with Crippen LogP contribution in [-0.4, -0.2) is 4.98 Å². The number of fused-ring (bicyclic) bond motifs is 6. The van der Waals surface area contributed by atoms with Crippen molar-refractivity contribution < 1.29 is 0 Å². The van der Waals surface area contributed by atoms with Crippen molar-refractivity contribution in [1.29, 1.82) is 0 Å². The van der Waals surface area contributed by atoms with E-state index in [-0.39, 0.29) is 0 Å². The number of hydrogen-bond donors (Lipinski definition) is 0. The Labute approximate surface area is 407 Å². The molecule has 0 saturated heterocycles. The van der Waals surface area contributed by atoms with E-state index in [9.17, 15) is 0 Å². The Hall–Kier alpha value is -9.05. The van der Waals surface area contributed by atoms with Crippen LogP contribution < -0.4 is 9.80 Å². The zero-order valence-electron chi connectivity index (χ0n) is 39.0. The summed E-state index contributed by atoms with van der Waals surface area (Å²) in [6.45, 7) is 4.29. The van der Waals surface area contributed by atoms with Crippen molar-refractivity contribution >= 4 is 98.9 Å². The van der Waals surface area contributed by atoms with Gasteiger partial charge in [0.05, 0.1) is 0 Å². The van der Waals surface area contributed by atoms with E-state index in [1.165, 1.54) is 65.2 Å². The smallest absolute Gasteiger partial charge is 0.138 e. The summed E-state index contributed by atoms with van der Waals surface area (Å²) < 4.78 is 0. The molecule has 0 spiro atoms. The molecular weight excluding hydrogens is 847 g/mol. The third kappa shape index (κ3) is 7.28. The summed E-state index contributed by atoms with van der Waals surface area (Å²) in [4.78, 5) is 10.2. The first-order chi connectivity index (χ1) is 34.5. The fourth-order valence-electron chi connectivity index (χ4n) is 10.6. The Morgan fingerprint density at radius 1 is 0.271 bits per heavy atom. The van der Waals surface area contributed by atoms with Crippen molar-refractivity contribution in [2.24, 2.45) is 0 Å². The molecule has 13 aromatic rings. The van der Waals surface area contributed by atoms with Crippen LogP contribution in [0.25, 0.3) is 86.9 Å². The fourth-order valence-corrected chi connectivity index (χ4v) is 10.6. The summed E-state index contributed by atoms with van der Waals surface area (Å²) >= 11 is 0. The Balaban J connectivity index is 1.13. The second-order valence-electron chi connectivity index (χ2n) is 18.6. The predicted molar refractivity (Wildman–Crippen MR) is 299 cm³/mol. The molecule has 1 heterocycles. The van der Waals surface area contributed by atoms with Crippen LogP contribution in [0.4, 0.5) is 34.3 Å². The summed E-state index contributed by atoms with van der Waals surface area (Å²) in [6.07, 6.45) is 2.13. The monoisotopic (exact) mass is 893 g/mol. The summed E-state index contributed by atoms with van der Waals surface area (Å²) in [5.74, 6) is 0.843. The van der Waals surface area contributed by atoms with Crippen LogP contribution in [-0.2, 0) is 0 Å². The van der Waals surface area contributed by atoms with Crippen molar-refractivity contribution in [2.45, 2.75) is 13.8 Å². The number of benzene rings is 12. The Bertz CT molecular complexity index is 3880. The first-order valence-corrected chi connectivity index (χ1v) is 24.1. The highest BCUT2D eigenvalue weighted by Crippen LogP contribution is 2.49. The number of anilines is 6. The van der Waals surface area contributed by atoms with Crippen LogP contribution in [0, 0.1) is 13.8 Å². The molecule has 70 heavy (non-hydrogen) atoms. The molecule has 0 saturated carbocycles. The quantitative estimate of drug-likeness (QED) is 0.142. The highest BCUT2D eigenvalue weighted by molar-refractivity contribution is 6.23. The molecule has 0 fully saturated rings. The second kappa shape index (κ2) is 16.9. The van der Waals surface area contributed by atoms with Crippen molar-refractivity contribution in [2.75, 3.05) is 9.80 Å². The molecule has 0 N–H and O–H groups in total. The standard InChI is InChI=1S/C67H47N3/c1-44-19-29-56(30-20-44)69(58-33-27-48-13-5-9-17-52(48)39-58)60-35-36-61-62(41-60)67(55-26-24-47-12-4-8-16-51(47)38-55)64-43-68-65(42-63(64)66(61)54-25-23-46-11-3-7-15-50(46)37-54)70(57-31-21-45(2)22-32-57)59-34-28-49-14-6-10-18-53(49)40-59/h3-43H,1-2H3. The lowest BCUT2D eigenvalue weighted by atomic mass is 9.85. The van der Waals surface area contributed by atoms with E-state index in [1.807, 2.05) is 0 Å². The molecule has 330 valence electrons. The van der Waals surface area contributed by atoms with Gasteiger partial charge in [-0.2, -0.15) is 0 Å². The molecule has 0 unspecified atom stereocenters. The summed E-state index contributed by atoms with van der Waals surface area (Å²) in [6, 6.07) is 89.0. The van der Waals surface area contributed by atoms with Crippen LogP contribution in [0.5, 0.6) is 0 Å². The number of nitrogens with zero attached hydrogens (tertiary/aromatic N) is 3. The molecule has 0 amide bonds. The molecule has 0 bridgehead atoms. The van der Waals surface area contributed by atoms with Crippen LogP contribution >= 0.6 is 0 Å². The number of rotatable bonds is 8. The predicted octanol–water partition coefficient (Wildman–Crippen LogP) is 18.9. The lowest BCUT2D eigenvalue weighted by Crippen LogP contribution is -2.12. The first kappa shape index (κ1) is 41.2. The molecule has 3 heteroatoms. The molecule has 0 aliphatic carbocycles. The van der Waals surface area contributed by atoms with Crippen LogP contribution in [0.15, 0.2) is 249 Å². The number of aryl methyl sites for hydroxylation is 2. The van der Waals surface area contributed by atoms with Crippen molar-refractivity contribution in [3.05, 3.63) is 260 Å². The molecule has 1 aromatic heterocycles. The van der Waals surface area contributed by atoms with E-state index in [0.29, 0.717) is 0 Å². The molecule has 13 rings (SSSR count). The van der Waals surface area contributed by atoms with E-state index in [4.69, 9.17) is 4.98 Å². The van der Waals surface area contributed by atoms with Gasteiger partial charge in [-0.3, -0.25) is 4.90 Å². The average molecular weight is 894 g/mol. The third-order valence-corrected chi connectivity index (χ3v) is 14.1. The third-order valence-electron chi connectivity index (χ3n) is 14.1. The number of aromatic nitrogens is 1. The zero-order valence-corrected chi connectivity index (χ0v) is 39.0. The maximum atomic E-state index is 5.51. The molecule has 0 aliphatic heterocycles. The van der Waals surface area contributed by atoms with Gasteiger partial charge in [-0.25, -0.2) is 4.98 Å². The maximum absolute atomic E-state index is 5.51. The van der Waals surface area contributed by atoms with Crippen molar-refractivity contribution in [3.63, 3.8) is 0 Å². The fraction of sp³-hybridized carbons (Fsp3) is 0.0299. The van der Waals surface area contributed by atoms with Gasteiger partial charge in [-0.1, -0.05) is 175 Å². The lowest BCUT2D eigenvalue weighted by molar-refractivity contribution is 1.19. The van der Waals surface area contributed by atoms with Gasteiger partial charge in [0.15, 0.2) is 0 Å². The minimum absolute atomic E-state index is 0.843. The van der Waals surface area contributed by atoms with E-state index in [1.54, 1.807) is 0 Å². The van der Waals surface area contributed by atoms with Gasteiger partial charge in [-0.05, 0) is 174 Å². The maximum Gasteiger partial charge on any atom is 0.138 e. The molecular formula is C67H47N3. The van der Waals surface area contributed by atoms with Gasteiger partial charge in [0.25, 0.3) is 0 Å². The molecule has 0 atom stereocenters. The van der Waals surface area contributed by atoms with Crippen LogP contribution in [0.1, 0.15) is 11.1 Å². The SMILES string of the molecule is Cc1ccc(N(c2ccc3ccccc3c2)c2ccc3c(-c4ccc5ccccc5c4)c4cc(N(c5ccc(C)cc5)c5ccc6ccccc6c5)ncc4c(-c4ccc5ccccc5c4)c3c2)cc1. The van der Waals surface area contributed by atoms with E-state index >= 15 is 0 Å². The minimum atomic E-state index is 0.843. The Morgan fingerprint density at radius 3 is 1.16 bits per heavy atom.